The molecule has 3 rings (SSSR count). The van der Waals surface area contributed by atoms with E-state index in [9.17, 15) is 14.4 Å². The second-order valence-corrected chi connectivity index (χ2v) is 9.12. The molecule has 0 saturated heterocycles. The molecule has 1 unspecified atom stereocenters. The zero-order valence-corrected chi connectivity index (χ0v) is 22.3. The molecule has 3 aromatic rings. The molecule has 0 fully saturated rings. The van der Waals surface area contributed by atoms with Crippen molar-refractivity contribution < 1.29 is 33.0 Å². The first-order valence-corrected chi connectivity index (χ1v) is 12.4. The lowest BCUT2D eigenvalue weighted by Gasteiger charge is -2.18. The Morgan fingerprint density at radius 2 is 1.33 bits per heavy atom. The maximum Gasteiger partial charge on any atom is 0.338 e. The zero-order valence-electron chi connectivity index (χ0n) is 22.3. The number of hydrogen-bond acceptors (Lipinski definition) is 6. The molecule has 0 heterocycles. The molecule has 39 heavy (non-hydrogen) atoms. The second kappa shape index (κ2) is 13.3. The van der Waals surface area contributed by atoms with E-state index in [1.165, 1.54) is 6.07 Å². The van der Waals surface area contributed by atoms with E-state index < -0.39 is 17.8 Å². The highest BCUT2D eigenvalue weighted by molar-refractivity contribution is 5.89. The summed E-state index contributed by atoms with van der Waals surface area (Å²) >= 11 is 0. The quantitative estimate of drug-likeness (QED) is 0.154. The minimum absolute atomic E-state index is 0.0244. The minimum atomic E-state index is -0.523. The number of benzene rings is 3. The SMILES string of the molecule is C=C(C)C(=O)OCC(COC(=O)CC)c1ccc(-c2ccc(-c3ccc(OC(=O)C(=C)C)cc3)c(F)c2)cc1. The van der Waals surface area contributed by atoms with Crippen LogP contribution in [0.4, 0.5) is 4.39 Å². The molecule has 1 atom stereocenters. The highest BCUT2D eigenvalue weighted by atomic mass is 19.1. The van der Waals surface area contributed by atoms with Crippen molar-refractivity contribution in [3.8, 4) is 28.0 Å². The topological polar surface area (TPSA) is 78.9 Å². The Balaban J connectivity index is 1.76. The van der Waals surface area contributed by atoms with E-state index in [2.05, 4.69) is 13.2 Å². The largest absolute Gasteiger partial charge is 0.465 e. The first kappa shape index (κ1) is 29.0. The number of halogens is 1. The lowest BCUT2D eigenvalue weighted by Crippen LogP contribution is -2.19. The molecule has 0 amide bonds. The molecular formula is C32H31FO6. The van der Waals surface area contributed by atoms with Gasteiger partial charge in [-0.05, 0) is 54.3 Å². The predicted molar refractivity (Wildman–Crippen MR) is 147 cm³/mol. The molecule has 0 aliphatic rings. The molecule has 0 bridgehead atoms. The number of esters is 3. The van der Waals surface area contributed by atoms with Crippen molar-refractivity contribution in [3.05, 3.63) is 102 Å². The molecule has 0 spiro atoms. The summed E-state index contributed by atoms with van der Waals surface area (Å²) < 4.78 is 30.9. The third-order valence-corrected chi connectivity index (χ3v) is 5.91. The van der Waals surface area contributed by atoms with Crippen molar-refractivity contribution in [3.63, 3.8) is 0 Å². The van der Waals surface area contributed by atoms with Crippen LogP contribution in [0.2, 0.25) is 0 Å². The van der Waals surface area contributed by atoms with E-state index in [-0.39, 0.29) is 42.7 Å². The number of carbonyl (C=O) groups excluding carboxylic acids is 3. The Kier molecular flexibility index (Phi) is 9.92. The van der Waals surface area contributed by atoms with Crippen LogP contribution in [-0.2, 0) is 23.9 Å². The molecule has 0 aliphatic carbocycles. The van der Waals surface area contributed by atoms with Gasteiger partial charge in [-0.15, -0.1) is 0 Å². The fraction of sp³-hybridized carbons (Fsp3) is 0.219. The summed E-state index contributed by atoms with van der Waals surface area (Å²) in [7, 11) is 0. The maximum absolute atomic E-state index is 15.1. The van der Waals surface area contributed by atoms with Crippen LogP contribution in [0.25, 0.3) is 22.3 Å². The van der Waals surface area contributed by atoms with E-state index in [1.54, 1.807) is 51.1 Å². The van der Waals surface area contributed by atoms with Gasteiger partial charge in [0.05, 0.1) is 5.92 Å². The molecule has 3 aromatic carbocycles. The highest BCUT2D eigenvalue weighted by Gasteiger charge is 2.18. The maximum atomic E-state index is 15.1. The highest BCUT2D eigenvalue weighted by Crippen LogP contribution is 2.30. The van der Waals surface area contributed by atoms with E-state index in [0.29, 0.717) is 22.4 Å². The number of carbonyl (C=O) groups is 3. The van der Waals surface area contributed by atoms with Gasteiger partial charge in [0.25, 0.3) is 0 Å². The van der Waals surface area contributed by atoms with Gasteiger partial charge in [-0.2, -0.15) is 0 Å². The van der Waals surface area contributed by atoms with Crippen molar-refractivity contribution >= 4 is 17.9 Å². The van der Waals surface area contributed by atoms with Crippen molar-refractivity contribution in [1.29, 1.82) is 0 Å². The standard InChI is InChI=1S/C32H31FO6/c1-6-30(34)37-18-26(19-38-31(35)20(2)3)23-9-7-22(8-10-23)25-13-16-28(29(33)17-25)24-11-14-27(15-12-24)39-32(36)21(4)5/h7-17,26H,2,4,6,18-19H2,1,3,5H3. The van der Waals surface area contributed by atoms with E-state index >= 15 is 4.39 Å². The van der Waals surface area contributed by atoms with E-state index in [1.807, 2.05) is 30.3 Å². The third-order valence-electron chi connectivity index (χ3n) is 5.91. The summed E-state index contributed by atoms with van der Waals surface area (Å²) in [5.41, 5.74) is 3.88. The number of rotatable bonds is 11. The lowest BCUT2D eigenvalue weighted by molar-refractivity contribution is -0.145. The van der Waals surface area contributed by atoms with Crippen LogP contribution in [0, 0.1) is 5.82 Å². The Bertz CT molecular complexity index is 1370. The summed E-state index contributed by atoms with van der Waals surface area (Å²) in [4.78, 5) is 35.2. The van der Waals surface area contributed by atoms with Gasteiger partial charge in [0.1, 0.15) is 24.8 Å². The molecule has 0 N–H and O–H groups in total. The first-order chi connectivity index (χ1) is 18.6. The minimum Gasteiger partial charge on any atom is -0.465 e. The van der Waals surface area contributed by atoms with E-state index in [0.717, 1.165) is 11.1 Å². The smallest absolute Gasteiger partial charge is 0.338 e. The van der Waals surface area contributed by atoms with Crippen LogP contribution < -0.4 is 4.74 Å². The van der Waals surface area contributed by atoms with Gasteiger partial charge in [-0.3, -0.25) is 4.79 Å². The number of ether oxygens (including phenoxy) is 3. The second-order valence-electron chi connectivity index (χ2n) is 9.12. The van der Waals surface area contributed by atoms with Crippen LogP contribution in [0.15, 0.2) is 91.0 Å². The summed E-state index contributed by atoms with van der Waals surface area (Å²) in [5, 5.41) is 0. The average molecular weight is 531 g/mol. The lowest BCUT2D eigenvalue weighted by atomic mass is 9.95. The average Bonchev–Trinajstić information content (AvgIpc) is 2.93. The molecular weight excluding hydrogens is 499 g/mol. The normalized spacial score (nSPS) is 11.3. The molecule has 0 saturated carbocycles. The van der Waals surface area contributed by atoms with Crippen molar-refractivity contribution in [2.75, 3.05) is 13.2 Å². The third kappa shape index (κ3) is 7.98. The summed E-state index contributed by atoms with van der Waals surface area (Å²) in [6.07, 6.45) is 0.241. The van der Waals surface area contributed by atoms with Crippen molar-refractivity contribution in [2.24, 2.45) is 0 Å². The first-order valence-electron chi connectivity index (χ1n) is 12.4. The van der Waals surface area contributed by atoms with Crippen molar-refractivity contribution in [1.82, 2.24) is 0 Å². The fourth-order valence-corrected chi connectivity index (χ4v) is 3.61. The van der Waals surface area contributed by atoms with E-state index in [4.69, 9.17) is 14.2 Å². The van der Waals surface area contributed by atoms with Crippen LogP contribution in [0.3, 0.4) is 0 Å². The molecule has 7 heteroatoms. The Morgan fingerprint density at radius 1 is 0.769 bits per heavy atom. The number of hydrogen-bond donors (Lipinski definition) is 0. The summed E-state index contributed by atoms with van der Waals surface area (Å²) in [5.74, 6) is -1.81. The molecule has 0 aromatic heterocycles. The summed E-state index contributed by atoms with van der Waals surface area (Å²) in [6, 6.07) is 18.9. The van der Waals surface area contributed by atoms with Crippen LogP contribution in [-0.4, -0.2) is 31.1 Å². The molecule has 0 radical (unpaired) electrons. The fourth-order valence-electron chi connectivity index (χ4n) is 3.61. The predicted octanol–water partition coefficient (Wildman–Crippen LogP) is 6.80. The van der Waals surface area contributed by atoms with Gasteiger partial charge < -0.3 is 14.2 Å². The van der Waals surface area contributed by atoms with Gasteiger partial charge in [-0.1, -0.05) is 68.6 Å². The summed E-state index contributed by atoms with van der Waals surface area (Å²) in [6.45, 7) is 12.0. The van der Waals surface area contributed by atoms with Crippen LogP contribution >= 0.6 is 0 Å². The Labute approximate surface area is 227 Å². The van der Waals surface area contributed by atoms with Crippen LogP contribution in [0.1, 0.15) is 38.7 Å². The molecule has 202 valence electrons. The van der Waals surface area contributed by atoms with Gasteiger partial charge in [0.2, 0.25) is 0 Å². The molecule has 6 nitrogen and oxygen atoms in total. The monoisotopic (exact) mass is 530 g/mol. The van der Waals surface area contributed by atoms with Gasteiger partial charge in [0, 0.05) is 23.1 Å². The van der Waals surface area contributed by atoms with Crippen molar-refractivity contribution in [2.45, 2.75) is 33.1 Å². The van der Waals surface area contributed by atoms with Crippen LogP contribution in [0.5, 0.6) is 5.75 Å². The van der Waals surface area contributed by atoms with Gasteiger partial charge >= 0.3 is 17.9 Å². The zero-order chi connectivity index (χ0) is 28.5. The Morgan fingerprint density at radius 3 is 1.90 bits per heavy atom. The van der Waals surface area contributed by atoms with Gasteiger partial charge in [0.15, 0.2) is 0 Å². The Hall–Kier alpha value is -4.52. The molecule has 0 aliphatic heterocycles. The van der Waals surface area contributed by atoms with Gasteiger partial charge in [-0.25, -0.2) is 14.0 Å².